The molecule has 5 heteroatoms. The van der Waals surface area contributed by atoms with Gasteiger partial charge in [0.1, 0.15) is 0 Å². The minimum Gasteiger partial charge on any atom is -0.315 e. The summed E-state index contributed by atoms with van der Waals surface area (Å²) in [5, 5.41) is 7.17. The molecule has 0 aliphatic rings. The van der Waals surface area contributed by atoms with Crippen LogP contribution in [0.2, 0.25) is 0 Å². The molecule has 0 aromatic carbocycles. The zero-order chi connectivity index (χ0) is 10.4. The smallest absolute Gasteiger partial charge is 0.315 e. The summed E-state index contributed by atoms with van der Waals surface area (Å²) in [4.78, 5) is 13.2. The number of hydrogen-bond donors (Lipinski definition) is 0. The van der Waals surface area contributed by atoms with Crippen molar-refractivity contribution in [3.63, 3.8) is 0 Å². The van der Waals surface area contributed by atoms with E-state index in [2.05, 4.69) is 23.5 Å². The molecule has 0 saturated carbocycles. The lowest BCUT2D eigenvalue weighted by Gasteiger charge is -2.17. The number of aromatic nitrogens is 3. The molecule has 0 spiro atoms. The van der Waals surface area contributed by atoms with Crippen LogP contribution in [0.15, 0.2) is 37.7 Å². The average Bonchev–Trinajstić information content (AvgIpc) is 2.69. The van der Waals surface area contributed by atoms with Gasteiger partial charge in [0.2, 0.25) is 0 Å². The van der Waals surface area contributed by atoms with Gasteiger partial charge in [-0.25, -0.2) is 4.79 Å². The highest BCUT2D eigenvalue weighted by Gasteiger charge is 2.12. The van der Waals surface area contributed by atoms with Crippen LogP contribution in [0.5, 0.6) is 0 Å². The Bertz CT molecular complexity index is 308. The van der Waals surface area contributed by atoms with E-state index in [-0.39, 0.29) is 6.03 Å². The van der Waals surface area contributed by atoms with Crippen molar-refractivity contribution >= 4 is 6.03 Å². The zero-order valence-electron chi connectivity index (χ0n) is 7.83. The van der Waals surface area contributed by atoms with E-state index >= 15 is 0 Å². The standard InChI is InChI=1S/C9H12N4O/c1-3-6-12(7-4-2)9(14)13-8-5-10-11-13/h3-5,8H,1-2,6-7H2. The Kier molecular flexibility index (Phi) is 3.60. The Labute approximate surface area is 82.3 Å². The first-order valence-corrected chi connectivity index (χ1v) is 4.17. The van der Waals surface area contributed by atoms with Crippen molar-refractivity contribution in [1.29, 1.82) is 0 Å². The van der Waals surface area contributed by atoms with Crippen molar-refractivity contribution in [3.05, 3.63) is 37.7 Å². The van der Waals surface area contributed by atoms with Crippen molar-refractivity contribution < 1.29 is 4.79 Å². The third-order valence-corrected chi connectivity index (χ3v) is 1.59. The molecule has 1 heterocycles. The predicted octanol–water partition coefficient (Wildman–Crippen LogP) is 0.920. The van der Waals surface area contributed by atoms with E-state index in [1.54, 1.807) is 17.1 Å². The molecule has 0 atom stereocenters. The van der Waals surface area contributed by atoms with Crippen LogP contribution in [0.3, 0.4) is 0 Å². The maximum Gasteiger partial charge on any atom is 0.346 e. The van der Waals surface area contributed by atoms with Gasteiger partial charge >= 0.3 is 6.03 Å². The minimum absolute atomic E-state index is 0.234. The van der Waals surface area contributed by atoms with E-state index < -0.39 is 0 Å². The van der Waals surface area contributed by atoms with Gasteiger partial charge < -0.3 is 4.90 Å². The molecule has 0 saturated heterocycles. The quantitative estimate of drug-likeness (QED) is 0.666. The third-order valence-electron chi connectivity index (χ3n) is 1.59. The van der Waals surface area contributed by atoms with Crippen molar-refractivity contribution in [2.45, 2.75) is 0 Å². The SMILES string of the molecule is C=CCN(CC=C)C(=O)n1ccnn1. The fourth-order valence-electron chi connectivity index (χ4n) is 0.998. The Balaban J connectivity index is 2.72. The highest BCUT2D eigenvalue weighted by atomic mass is 16.2. The van der Waals surface area contributed by atoms with Gasteiger partial charge in [0.05, 0.1) is 12.4 Å². The maximum absolute atomic E-state index is 11.7. The minimum atomic E-state index is -0.234. The summed E-state index contributed by atoms with van der Waals surface area (Å²) >= 11 is 0. The molecule has 5 nitrogen and oxygen atoms in total. The summed E-state index contributed by atoms with van der Waals surface area (Å²) < 4.78 is 1.17. The monoisotopic (exact) mass is 192 g/mol. The summed E-state index contributed by atoms with van der Waals surface area (Å²) in [7, 11) is 0. The van der Waals surface area contributed by atoms with Gasteiger partial charge in [0.15, 0.2) is 0 Å². The van der Waals surface area contributed by atoms with E-state index in [4.69, 9.17) is 0 Å². The fourth-order valence-corrected chi connectivity index (χ4v) is 0.998. The molecule has 0 N–H and O–H groups in total. The predicted molar refractivity (Wildman–Crippen MR) is 52.8 cm³/mol. The molecule has 1 rings (SSSR count). The number of carbonyl (C=O) groups excluding carboxylic acids is 1. The maximum atomic E-state index is 11.7. The van der Waals surface area contributed by atoms with E-state index in [9.17, 15) is 4.79 Å². The first kappa shape index (κ1) is 10.2. The Morgan fingerprint density at radius 3 is 2.50 bits per heavy atom. The first-order chi connectivity index (χ1) is 6.79. The molecular weight excluding hydrogens is 180 g/mol. The Hall–Kier alpha value is -1.91. The summed E-state index contributed by atoms with van der Waals surface area (Å²) in [5.41, 5.74) is 0. The zero-order valence-corrected chi connectivity index (χ0v) is 7.83. The molecule has 0 aliphatic heterocycles. The second-order valence-electron chi connectivity index (χ2n) is 2.61. The molecular formula is C9H12N4O. The second kappa shape index (κ2) is 4.96. The highest BCUT2D eigenvalue weighted by molar-refractivity contribution is 5.75. The van der Waals surface area contributed by atoms with E-state index in [0.717, 1.165) is 0 Å². The van der Waals surface area contributed by atoms with Crippen LogP contribution in [0, 0.1) is 0 Å². The average molecular weight is 192 g/mol. The lowest BCUT2D eigenvalue weighted by Crippen LogP contribution is -2.35. The number of nitrogens with zero attached hydrogens (tertiary/aromatic N) is 4. The molecule has 0 aliphatic carbocycles. The largest absolute Gasteiger partial charge is 0.346 e. The normalized spacial score (nSPS) is 9.43. The number of rotatable bonds is 4. The molecule has 0 bridgehead atoms. The topological polar surface area (TPSA) is 51.0 Å². The van der Waals surface area contributed by atoms with Crippen molar-refractivity contribution in [2.75, 3.05) is 13.1 Å². The molecule has 0 fully saturated rings. The number of amides is 1. The molecule has 74 valence electrons. The van der Waals surface area contributed by atoms with Crippen molar-refractivity contribution in [2.24, 2.45) is 0 Å². The van der Waals surface area contributed by atoms with E-state index in [0.29, 0.717) is 13.1 Å². The van der Waals surface area contributed by atoms with Gasteiger partial charge in [-0.1, -0.05) is 17.4 Å². The van der Waals surface area contributed by atoms with Gasteiger partial charge in [-0.05, 0) is 0 Å². The molecule has 0 radical (unpaired) electrons. The summed E-state index contributed by atoms with van der Waals surface area (Å²) in [6.45, 7) is 8.07. The van der Waals surface area contributed by atoms with E-state index in [1.165, 1.54) is 17.1 Å². The Morgan fingerprint density at radius 1 is 1.43 bits per heavy atom. The molecule has 0 unspecified atom stereocenters. The molecule has 1 amide bonds. The van der Waals surface area contributed by atoms with Crippen LogP contribution < -0.4 is 0 Å². The summed E-state index contributed by atoms with van der Waals surface area (Å²) in [6.07, 6.45) is 6.26. The van der Waals surface area contributed by atoms with E-state index in [1.807, 2.05) is 0 Å². The second-order valence-corrected chi connectivity index (χ2v) is 2.61. The van der Waals surface area contributed by atoms with Crippen LogP contribution in [-0.2, 0) is 0 Å². The fraction of sp³-hybridized carbons (Fsp3) is 0.222. The van der Waals surface area contributed by atoms with Crippen LogP contribution in [0.25, 0.3) is 0 Å². The van der Waals surface area contributed by atoms with Crippen LogP contribution in [0.4, 0.5) is 4.79 Å². The van der Waals surface area contributed by atoms with Crippen molar-refractivity contribution in [3.8, 4) is 0 Å². The van der Waals surface area contributed by atoms with Crippen molar-refractivity contribution in [1.82, 2.24) is 19.9 Å². The van der Waals surface area contributed by atoms with Crippen LogP contribution in [-0.4, -0.2) is 39.0 Å². The van der Waals surface area contributed by atoms with Gasteiger partial charge in [-0.15, -0.1) is 18.3 Å². The lowest BCUT2D eigenvalue weighted by atomic mass is 10.5. The van der Waals surface area contributed by atoms with Gasteiger partial charge in [-0.3, -0.25) is 0 Å². The van der Waals surface area contributed by atoms with Gasteiger partial charge in [0.25, 0.3) is 0 Å². The Morgan fingerprint density at radius 2 is 2.07 bits per heavy atom. The first-order valence-electron chi connectivity index (χ1n) is 4.17. The van der Waals surface area contributed by atoms with Crippen LogP contribution >= 0.6 is 0 Å². The van der Waals surface area contributed by atoms with Gasteiger partial charge in [0, 0.05) is 13.1 Å². The third kappa shape index (κ3) is 2.29. The van der Waals surface area contributed by atoms with Crippen LogP contribution in [0.1, 0.15) is 0 Å². The summed E-state index contributed by atoms with van der Waals surface area (Å²) in [6, 6.07) is -0.234. The molecule has 14 heavy (non-hydrogen) atoms. The molecule has 1 aromatic heterocycles. The lowest BCUT2D eigenvalue weighted by molar-refractivity contribution is 0.206. The molecule has 1 aromatic rings. The number of hydrogen-bond acceptors (Lipinski definition) is 3. The van der Waals surface area contributed by atoms with Gasteiger partial charge in [-0.2, -0.15) is 4.68 Å². The highest BCUT2D eigenvalue weighted by Crippen LogP contribution is 1.95. The summed E-state index contributed by atoms with van der Waals surface area (Å²) in [5.74, 6) is 0. The number of carbonyl (C=O) groups is 1.